The molecule has 2 rings (SSSR count). The molecule has 0 amide bonds. The first-order valence-corrected chi connectivity index (χ1v) is 13.9. The molecular formula is C23H37NO5SSi. The molecule has 0 aliphatic carbocycles. The van der Waals surface area contributed by atoms with Gasteiger partial charge in [0, 0.05) is 45.5 Å². The monoisotopic (exact) mass is 467 g/mol. The molecular weight excluding hydrogens is 430 g/mol. The Morgan fingerprint density at radius 1 is 1.13 bits per heavy atom. The Kier molecular flexibility index (Phi) is 9.23. The van der Waals surface area contributed by atoms with E-state index >= 15 is 0 Å². The maximum atomic E-state index is 13.4. The number of hydrogen-bond acceptors (Lipinski definition) is 5. The lowest BCUT2D eigenvalue weighted by atomic mass is 9.98. The van der Waals surface area contributed by atoms with Crippen molar-refractivity contribution in [1.82, 2.24) is 4.31 Å². The molecule has 1 atom stereocenters. The van der Waals surface area contributed by atoms with Crippen molar-refractivity contribution in [2.24, 2.45) is 5.92 Å². The molecule has 1 aliphatic heterocycles. The van der Waals surface area contributed by atoms with Crippen molar-refractivity contribution in [3.05, 3.63) is 52.2 Å². The molecule has 0 spiro atoms. The largest absolute Gasteiger partial charge is 0.532 e. The van der Waals surface area contributed by atoms with E-state index in [-0.39, 0.29) is 5.92 Å². The third kappa shape index (κ3) is 5.56. The number of benzene rings is 1. The second-order valence-corrected chi connectivity index (χ2v) is 13.0. The van der Waals surface area contributed by atoms with Gasteiger partial charge in [0.25, 0.3) is 0 Å². The molecule has 0 N–H and O–H groups in total. The summed E-state index contributed by atoms with van der Waals surface area (Å²) < 4.78 is 45.8. The van der Waals surface area contributed by atoms with Gasteiger partial charge >= 0.3 is 8.80 Å². The van der Waals surface area contributed by atoms with Crippen LogP contribution in [0, 0.1) is 12.8 Å². The average molecular weight is 468 g/mol. The SMILES string of the molecule is CCCC/C=C1\CN(S(=O)(=O)c2ccc(C)cc2)CC1C(=C(C)C)[Si](OC)(OC)OC. The van der Waals surface area contributed by atoms with Gasteiger partial charge < -0.3 is 13.3 Å². The van der Waals surface area contributed by atoms with Crippen molar-refractivity contribution in [2.45, 2.75) is 51.9 Å². The molecule has 31 heavy (non-hydrogen) atoms. The van der Waals surface area contributed by atoms with E-state index in [9.17, 15) is 8.42 Å². The smallest absolute Gasteiger partial charge is 0.374 e. The van der Waals surface area contributed by atoms with Crippen LogP contribution >= 0.6 is 0 Å². The summed E-state index contributed by atoms with van der Waals surface area (Å²) in [7, 11) is -1.95. The normalized spacial score (nSPS) is 19.2. The molecule has 0 bridgehead atoms. The fraction of sp³-hybridized carbons (Fsp3) is 0.565. The average Bonchev–Trinajstić information content (AvgIpc) is 3.16. The fourth-order valence-corrected chi connectivity index (χ4v) is 8.08. The minimum atomic E-state index is -3.61. The Bertz CT molecular complexity index is 892. The number of unbranched alkanes of at least 4 members (excludes halogenated alkanes) is 2. The van der Waals surface area contributed by atoms with E-state index in [2.05, 4.69) is 13.0 Å². The van der Waals surface area contributed by atoms with Gasteiger partial charge in [-0.15, -0.1) is 0 Å². The van der Waals surface area contributed by atoms with Gasteiger partial charge in [-0.1, -0.05) is 54.7 Å². The van der Waals surface area contributed by atoms with Crippen molar-refractivity contribution >= 4 is 18.8 Å². The van der Waals surface area contributed by atoms with Gasteiger partial charge in [0.1, 0.15) is 0 Å². The molecule has 0 saturated carbocycles. The highest BCUT2D eigenvalue weighted by Crippen LogP contribution is 2.39. The number of aryl methyl sites for hydroxylation is 1. The van der Waals surface area contributed by atoms with E-state index in [0.29, 0.717) is 18.0 Å². The summed E-state index contributed by atoms with van der Waals surface area (Å²) in [4.78, 5) is 0.319. The maximum Gasteiger partial charge on any atom is 0.532 e. The number of nitrogens with zero attached hydrogens (tertiary/aromatic N) is 1. The highest BCUT2D eigenvalue weighted by Gasteiger charge is 2.51. The first-order chi connectivity index (χ1) is 14.7. The maximum absolute atomic E-state index is 13.4. The highest BCUT2D eigenvalue weighted by molar-refractivity contribution is 7.89. The summed E-state index contributed by atoms with van der Waals surface area (Å²) in [6, 6.07) is 7.02. The van der Waals surface area contributed by atoms with Gasteiger partial charge in [-0.2, -0.15) is 4.31 Å². The van der Waals surface area contributed by atoms with Crippen LogP contribution in [0.2, 0.25) is 0 Å². The van der Waals surface area contributed by atoms with Crippen LogP contribution in [-0.2, 0) is 23.3 Å². The second kappa shape index (κ2) is 11.0. The Balaban J connectivity index is 2.52. The van der Waals surface area contributed by atoms with Crippen LogP contribution in [0.25, 0.3) is 0 Å². The summed E-state index contributed by atoms with van der Waals surface area (Å²) in [5, 5.41) is 0.948. The lowest BCUT2D eigenvalue weighted by molar-refractivity contribution is 0.131. The molecule has 1 aromatic carbocycles. The number of rotatable bonds is 10. The van der Waals surface area contributed by atoms with E-state index in [1.54, 1.807) is 37.8 Å². The molecule has 8 heteroatoms. The summed E-state index contributed by atoms with van der Waals surface area (Å²) in [6.45, 7) is 8.83. The Labute approximate surface area is 189 Å². The van der Waals surface area contributed by atoms with E-state index in [1.165, 1.54) is 0 Å². The number of allylic oxidation sites excluding steroid dienone is 2. The van der Waals surface area contributed by atoms with E-state index < -0.39 is 18.8 Å². The standard InChI is InChI=1S/C23H37NO5SSi/c1-8-9-10-11-20-16-24(30(25,26)21-14-12-19(4)13-15-21)17-22(20)23(18(2)3)31(27-5,28-6)29-7/h11-15,22H,8-10,16-17H2,1-7H3/b20-11+. The van der Waals surface area contributed by atoms with E-state index in [4.69, 9.17) is 13.3 Å². The summed E-state index contributed by atoms with van der Waals surface area (Å²) >= 11 is 0. The first-order valence-electron chi connectivity index (χ1n) is 10.8. The molecule has 1 heterocycles. The van der Waals surface area contributed by atoms with Crippen LogP contribution in [0.4, 0.5) is 0 Å². The van der Waals surface area contributed by atoms with Crippen molar-refractivity contribution in [2.75, 3.05) is 34.4 Å². The molecule has 0 radical (unpaired) electrons. The van der Waals surface area contributed by atoms with Crippen molar-refractivity contribution < 1.29 is 21.7 Å². The Hall–Kier alpha value is -1.29. The van der Waals surface area contributed by atoms with Crippen LogP contribution < -0.4 is 0 Å². The zero-order valence-electron chi connectivity index (χ0n) is 19.9. The van der Waals surface area contributed by atoms with Crippen LogP contribution in [0.1, 0.15) is 45.6 Å². The van der Waals surface area contributed by atoms with Crippen molar-refractivity contribution in [1.29, 1.82) is 0 Å². The molecule has 1 unspecified atom stereocenters. The molecule has 174 valence electrons. The topological polar surface area (TPSA) is 65.1 Å². The van der Waals surface area contributed by atoms with Gasteiger partial charge in [0.15, 0.2) is 0 Å². The van der Waals surface area contributed by atoms with Gasteiger partial charge in [0.05, 0.1) is 4.90 Å². The third-order valence-corrected chi connectivity index (χ3v) is 10.8. The van der Waals surface area contributed by atoms with Crippen LogP contribution in [0.15, 0.2) is 51.6 Å². The minimum Gasteiger partial charge on any atom is -0.374 e. The predicted molar refractivity (Wildman–Crippen MR) is 126 cm³/mol. The van der Waals surface area contributed by atoms with Gasteiger partial charge in [0.2, 0.25) is 10.0 Å². The molecule has 1 saturated heterocycles. The van der Waals surface area contributed by atoms with E-state index in [1.807, 2.05) is 32.9 Å². The number of hydrogen-bond donors (Lipinski definition) is 0. The second-order valence-electron chi connectivity index (χ2n) is 8.17. The van der Waals surface area contributed by atoms with Crippen molar-refractivity contribution in [3.8, 4) is 0 Å². The summed E-state index contributed by atoms with van der Waals surface area (Å²) in [5.74, 6) is -0.131. The van der Waals surface area contributed by atoms with E-state index in [0.717, 1.165) is 41.2 Å². The molecule has 1 fully saturated rings. The zero-order chi connectivity index (χ0) is 23.2. The quantitative estimate of drug-likeness (QED) is 0.288. The predicted octanol–water partition coefficient (Wildman–Crippen LogP) is 4.49. The number of sulfonamides is 1. The van der Waals surface area contributed by atoms with Gasteiger partial charge in [-0.25, -0.2) is 8.42 Å². The zero-order valence-corrected chi connectivity index (χ0v) is 21.7. The highest BCUT2D eigenvalue weighted by atomic mass is 32.2. The van der Waals surface area contributed by atoms with Gasteiger partial charge in [-0.3, -0.25) is 0 Å². The Morgan fingerprint density at radius 3 is 2.19 bits per heavy atom. The van der Waals surface area contributed by atoms with Crippen LogP contribution in [0.5, 0.6) is 0 Å². The van der Waals surface area contributed by atoms with Gasteiger partial charge in [-0.05, 0) is 39.3 Å². The lowest BCUT2D eigenvalue weighted by Crippen LogP contribution is -2.49. The van der Waals surface area contributed by atoms with Crippen LogP contribution in [0.3, 0.4) is 0 Å². The molecule has 0 aromatic heterocycles. The molecule has 1 aromatic rings. The first kappa shape index (κ1) is 26.0. The molecule has 1 aliphatic rings. The molecule has 6 nitrogen and oxygen atoms in total. The van der Waals surface area contributed by atoms with Crippen LogP contribution in [-0.4, -0.2) is 55.9 Å². The Morgan fingerprint density at radius 2 is 1.71 bits per heavy atom. The minimum absolute atomic E-state index is 0.131. The fourth-order valence-electron chi connectivity index (χ4n) is 4.16. The summed E-state index contributed by atoms with van der Waals surface area (Å²) in [5.41, 5.74) is 3.16. The third-order valence-electron chi connectivity index (χ3n) is 5.84. The summed E-state index contributed by atoms with van der Waals surface area (Å²) in [6.07, 6.45) is 5.26. The lowest BCUT2D eigenvalue weighted by Gasteiger charge is -2.32. The van der Waals surface area contributed by atoms with Crippen molar-refractivity contribution in [3.63, 3.8) is 0 Å².